The summed E-state index contributed by atoms with van der Waals surface area (Å²) in [6, 6.07) is -12.7. The topological polar surface area (TPSA) is 514 Å². The number of likely N-dealkylation sites (N-methyl/N-ethyl adjacent to an activating group) is 7. The number of carbonyl (C=O) groups excluding carboxylic acids is 12. The molecule has 0 aromatic heterocycles. The fourth-order valence-corrected chi connectivity index (χ4v) is 22.5. The van der Waals surface area contributed by atoms with Crippen LogP contribution < -0.4 is 21.3 Å². The number of fused-ring (bicyclic) bond motifs is 5. The Morgan fingerprint density at radius 3 is 1.55 bits per heavy atom. The SMILES string of the molecule is CC=C(C)C(=O)OC1CCC2(C)C3CCC4C5(O)CC(O)C6(O)C(CN7CC(C)CCC7C6(C)O)C5(O)CC42OC13O.CC=CCC(C)C(O)C1C(=O)NC(CC)C(=O)N(C)CC(=O)N(C)C(CC(C)C)C(=O)NC(C(C)C)C(=O)N(C)C(CC(C)C)C(=O)NC(C)C(=O)NC(C)C(=O)N(C)C(CC(C)C)C(=O)N(C)C(CC(C)C)C(=O)N(C)C(C(C)C)C(=O)N1C.O=S(=O)(O)O. The molecule has 4 heterocycles. The van der Waals surface area contributed by atoms with Crippen molar-refractivity contribution in [2.24, 2.45) is 70.5 Å². The fraction of sp³-hybridized carbons (Fsp3) is 0.830. The van der Waals surface area contributed by atoms with Crippen LogP contribution in [0.15, 0.2) is 23.8 Å². The van der Waals surface area contributed by atoms with Gasteiger partial charge in [-0.3, -0.25) is 66.7 Å². The molecule has 0 aromatic rings. The van der Waals surface area contributed by atoms with E-state index in [-0.39, 0.29) is 81.2 Å². The molecule has 754 valence electrons. The Morgan fingerprint density at radius 1 is 0.561 bits per heavy atom. The van der Waals surface area contributed by atoms with E-state index in [2.05, 4.69) is 33.1 Å². The van der Waals surface area contributed by atoms with E-state index in [1.807, 2.05) is 68.4 Å². The number of allylic oxidation sites excluding steroid dienone is 3. The second-order valence-electron chi connectivity index (χ2n) is 42.2. The average Bonchev–Trinajstić information content (AvgIpc) is 1.46. The number of piperidine rings is 2. The summed E-state index contributed by atoms with van der Waals surface area (Å²) >= 11 is 0. The molecular weight excluding hydrogens is 1730 g/mol. The number of carbonyl (C=O) groups is 12. The zero-order chi connectivity index (χ0) is 101. The van der Waals surface area contributed by atoms with Gasteiger partial charge in [0.1, 0.15) is 82.8 Å². The maximum Gasteiger partial charge on any atom is 0.394 e. The highest BCUT2D eigenvalue weighted by molar-refractivity contribution is 7.79. The third kappa shape index (κ3) is 23.4. The lowest BCUT2D eigenvalue weighted by Gasteiger charge is -2.68. The summed E-state index contributed by atoms with van der Waals surface area (Å²) in [5, 5.41) is 97.0. The normalized spacial score (nSPS) is 36.9. The Hall–Kier alpha value is -7.37. The first-order valence-corrected chi connectivity index (χ1v) is 48.7. The van der Waals surface area contributed by atoms with Crippen LogP contribution in [0.25, 0.3) is 0 Å². The van der Waals surface area contributed by atoms with Crippen LogP contribution in [-0.4, -0.2) is 351 Å². The Balaban J connectivity index is 0.000000464. The predicted octanol–water partition coefficient (Wildman–Crippen LogP) is 3.61. The van der Waals surface area contributed by atoms with Crippen LogP contribution in [0.2, 0.25) is 0 Å². The van der Waals surface area contributed by atoms with E-state index in [0.717, 1.165) is 16.2 Å². The van der Waals surface area contributed by atoms with Crippen LogP contribution >= 0.6 is 0 Å². The Bertz CT molecular complexity index is 4290. The molecule has 0 radical (unpaired) electrons. The minimum Gasteiger partial charge on any atom is -0.453 e. The number of nitrogens with zero attached hydrogens (tertiary/aromatic N) is 8. The smallest absolute Gasteiger partial charge is 0.394 e. The van der Waals surface area contributed by atoms with Crippen molar-refractivity contribution in [1.29, 1.82) is 0 Å². The molecule has 132 heavy (non-hydrogen) atoms. The van der Waals surface area contributed by atoms with Gasteiger partial charge in [0.05, 0.1) is 24.4 Å². The number of hydrogen-bond donors (Lipinski definition) is 13. The number of ether oxygens (including phenoxy) is 2. The van der Waals surface area contributed by atoms with E-state index < -0.39 is 241 Å². The van der Waals surface area contributed by atoms with Crippen molar-refractivity contribution in [3.8, 4) is 0 Å². The molecule has 1 spiro atoms. The maximum atomic E-state index is 15.1. The lowest BCUT2D eigenvalue weighted by molar-refractivity contribution is -0.354. The van der Waals surface area contributed by atoms with Gasteiger partial charge in [-0.15, -0.1) is 0 Å². The molecular formula is C94H162N12O25S. The first-order valence-electron chi connectivity index (χ1n) is 47.3. The van der Waals surface area contributed by atoms with Crippen LogP contribution in [0.4, 0.5) is 0 Å². The summed E-state index contributed by atoms with van der Waals surface area (Å²) in [6.45, 7) is 39.4. The quantitative estimate of drug-likeness (QED) is 0.0428. The molecule has 37 nitrogen and oxygen atoms in total. The predicted molar refractivity (Wildman–Crippen MR) is 492 cm³/mol. The second-order valence-corrected chi connectivity index (χ2v) is 43.1. The van der Waals surface area contributed by atoms with Gasteiger partial charge in [0, 0.05) is 110 Å². The van der Waals surface area contributed by atoms with Crippen molar-refractivity contribution in [1.82, 2.24) is 60.5 Å². The summed E-state index contributed by atoms with van der Waals surface area (Å²) in [4.78, 5) is 183. The molecule has 4 saturated carbocycles. The monoisotopic (exact) mass is 1890 g/mol. The van der Waals surface area contributed by atoms with E-state index in [9.17, 15) is 83.7 Å². The number of aliphatic hydroxyl groups excluding tert-OH is 2. The number of rotatable bonds is 17. The van der Waals surface area contributed by atoms with Gasteiger partial charge in [-0.2, -0.15) is 8.42 Å². The highest BCUT2D eigenvalue weighted by atomic mass is 32.3. The molecule has 11 amide bonds. The van der Waals surface area contributed by atoms with Crippen molar-refractivity contribution >= 4 is 81.3 Å². The summed E-state index contributed by atoms with van der Waals surface area (Å²) in [7, 11) is 5.25. The molecule has 8 rings (SSSR count). The van der Waals surface area contributed by atoms with E-state index in [1.165, 1.54) is 87.7 Å². The van der Waals surface area contributed by atoms with Crippen LogP contribution in [0.3, 0.4) is 0 Å². The lowest BCUT2D eigenvalue weighted by Crippen LogP contribution is -2.85. The number of aliphatic hydroxyl groups is 7. The van der Waals surface area contributed by atoms with Crippen molar-refractivity contribution in [2.45, 2.75) is 361 Å². The summed E-state index contributed by atoms with van der Waals surface area (Å²) < 4.78 is 44.2. The molecule has 26 unspecified atom stereocenters. The third-order valence-electron chi connectivity index (χ3n) is 30.1. The molecule has 26 atom stereocenters. The second kappa shape index (κ2) is 44.4. The molecule has 4 bridgehead atoms. The molecule has 8 fully saturated rings. The van der Waals surface area contributed by atoms with Gasteiger partial charge in [-0.25, -0.2) is 4.79 Å². The van der Waals surface area contributed by atoms with Gasteiger partial charge >= 0.3 is 16.4 Å². The first kappa shape index (κ1) is 113. The largest absolute Gasteiger partial charge is 0.453 e. The van der Waals surface area contributed by atoms with Gasteiger partial charge in [0.15, 0.2) is 6.10 Å². The van der Waals surface area contributed by atoms with E-state index >= 15 is 9.59 Å². The van der Waals surface area contributed by atoms with E-state index in [1.54, 1.807) is 81.4 Å². The Kier molecular flexibility index (Phi) is 38.1. The molecule has 4 aliphatic carbocycles. The van der Waals surface area contributed by atoms with E-state index in [4.69, 9.17) is 27.0 Å². The van der Waals surface area contributed by atoms with Gasteiger partial charge in [-0.1, -0.05) is 129 Å². The van der Waals surface area contributed by atoms with Crippen molar-refractivity contribution in [3.63, 3.8) is 0 Å². The Morgan fingerprint density at radius 2 is 1.05 bits per heavy atom. The highest BCUT2D eigenvalue weighted by Crippen LogP contribution is 2.78. The number of amides is 11. The molecule has 4 saturated heterocycles. The molecule has 8 aliphatic rings. The maximum absolute atomic E-state index is 15.1. The minimum atomic E-state index is -4.67. The van der Waals surface area contributed by atoms with Crippen molar-refractivity contribution < 1.29 is 120 Å². The fourth-order valence-electron chi connectivity index (χ4n) is 22.5. The first-order chi connectivity index (χ1) is 60.7. The molecule has 13 N–H and O–H groups in total. The van der Waals surface area contributed by atoms with E-state index in [0.29, 0.717) is 56.6 Å². The lowest BCUT2D eigenvalue weighted by atomic mass is 9.49. The van der Waals surface area contributed by atoms with Crippen LogP contribution in [-0.2, 0) is 77.4 Å². The molecule has 4 aliphatic heterocycles. The average molecular weight is 1890 g/mol. The standard InChI is InChI=1S/C62H111N11O12.C32H49NO9.H2O4S/c1-25-27-28-40(15)52(75)51-56(79)65-43(26-2)58(81)67(18)33-48(74)68(19)44(29-34(3)4)55(78)66-49(38(11)12)61(84)69(20)45(30-35(5)6)54(77)63-41(16)53(76)64-42(17)57(80)70(21)46(31-36(7)8)59(82)71(22)47(32-37(9)10)60(83)72(23)50(39(13)14)62(85)73(51)24;1-6-18(3)25(35)41-24-11-12-26(4)19-8-9-20-28(37)13-23(34)31(39)21(29(28,38)16-30(20,26)42-32(19,24)40)15-33-14-17(2)7-10-22(33)27(31,5)36;1-5(2,3)4/h25,27,34-47,49-52,75H,26,28-33H2,1-24H3,(H,63,77)(H,64,76)(H,65,79)(H,66,78);6,17,19-24,34,36-40H,7-16H2,1-5H3;(H2,1,2,3,4). The third-order valence-corrected chi connectivity index (χ3v) is 30.1. The van der Waals surface area contributed by atoms with Crippen LogP contribution in [0, 0.1) is 70.5 Å². The van der Waals surface area contributed by atoms with Gasteiger partial charge in [-0.05, 0) is 166 Å². The number of hydrogen-bond acceptors (Lipinski definition) is 24. The zero-order valence-corrected chi connectivity index (χ0v) is 84.5. The van der Waals surface area contributed by atoms with Gasteiger partial charge < -0.3 is 101 Å². The van der Waals surface area contributed by atoms with Gasteiger partial charge in [0.2, 0.25) is 70.8 Å². The number of esters is 1. The van der Waals surface area contributed by atoms with Crippen LogP contribution in [0.5, 0.6) is 0 Å². The molecule has 0 aromatic carbocycles. The van der Waals surface area contributed by atoms with Gasteiger partial charge in [0.25, 0.3) is 0 Å². The highest BCUT2D eigenvalue weighted by Gasteiger charge is 2.89. The van der Waals surface area contributed by atoms with Crippen LogP contribution in [0.1, 0.15) is 242 Å². The Labute approximate surface area is 782 Å². The molecule has 38 heteroatoms. The summed E-state index contributed by atoms with van der Waals surface area (Å²) in [5.74, 6) is -13.8. The summed E-state index contributed by atoms with van der Waals surface area (Å²) in [5.41, 5.74) is -8.96. The zero-order valence-electron chi connectivity index (χ0n) is 83.7. The van der Waals surface area contributed by atoms with Crippen molar-refractivity contribution in [3.05, 3.63) is 23.8 Å². The number of nitrogens with one attached hydrogen (secondary N) is 4. The van der Waals surface area contributed by atoms with Crippen molar-refractivity contribution in [2.75, 3.05) is 69.0 Å². The summed E-state index contributed by atoms with van der Waals surface area (Å²) in [6.07, 6.45) is 5.34. The minimum absolute atomic E-state index is 0.0229.